The molecular weight excluding hydrogens is 441 g/mol. The van der Waals surface area contributed by atoms with Crippen molar-refractivity contribution in [3.05, 3.63) is 114 Å². The predicted octanol–water partition coefficient (Wildman–Crippen LogP) is 5.68. The van der Waals surface area contributed by atoms with Crippen molar-refractivity contribution in [2.75, 3.05) is 0 Å². The second-order valence-corrected chi connectivity index (χ2v) is 8.50. The van der Waals surface area contributed by atoms with Crippen LogP contribution in [0.4, 0.5) is 4.39 Å². The molecule has 0 unspecified atom stereocenters. The molecule has 0 fully saturated rings. The first-order valence-electron chi connectivity index (χ1n) is 11.7. The van der Waals surface area contributed by atoms with Crippen LogP contribution in [0.2, 0.25) is 0 Å². The molecule has 0 atom stereocenters. The molecule has 0 bridgehead atoms. The largest absolute Gasteiger partial charge is 0.339 e. The van der Waals surface area contributed by atoms with Gasteiger partial charge in [0, 0.05) is 25.1 Å². The van der Waals surface area contributed by atoms with E-state index >= 15 is 0 Å². The van der Waals surface area contributed by atoms with Crippen LogP contribution in [0.25, 0.3) is 16.9 Å². The molecule has 3 heterocycles. The zero-order valence-electron chi connectivity index (χ0n) is 19.5. The van der Waals surface area contributed by atoms with Crippen molar-refractivity contribution >= 4 is 17.1 Å². The zero-order chi connectivity index (χ0) is 24.2. The Balaban J connectivity index is 1.52. The summed E-state index contributed by atoms with van der Waals surface area (Å²) in [4.78, 5) is 28.1. The number of imidazole rings is 1. The van der Waals surface area contributed by atoms with Gasteiger partial charge in [-0.1, -0.05) is 37.6 Å². The lowest BCUT2D eigenvalue weighted by Gasteiger charge is -2.23. The number of hydrogen-bond acceptors (Lipinski definition) is 3. The van der Waals surface area contributed by atoms with Crippen molar-refractivity contribution in [2.45, 2.75) is 32.9 Å². The van der Waals surface area contributed by atoms with E-state index in [-0.39, 0.29) is 18.3 Å². The lowest BCUT2D eigenvalue weighted by molar-refractivity contribution is 0.0726. The van der Waals surface area contributed by atoms with Gasteiger partial charge in [-0.15, -0.1) is 0 Å². The van der Waals surface area contributed by atoms with Gasteiger partial charge < -0.3 is 14.5 Å². The minimum Gasteiger partial charge on any atom is -0.339 e. The van der Waals surface area contributed by atoms with Crippen molar-refractivity contribution < 1.29 is 9.18 Å². The molecule has 5 rings (SSSR count). The number of nitrogens with zero attached hydrogens (tertiary/aromatic N) is 4. The lowest BCUT2D eigenvalue weighted by atomic mass is 10.1. The molecule has 1 amide bonds. The van der Waals surface area contributed by atoms with Crippen LogP contribution in [0.1, 0.15) is 40.7 Å². The SMILES string of the molecule is CCCc1ccnc2nc(CN(Cc3ccc(F)cc3)C(=O)c3ccccc3-n3cccc3)[nH]c12. The van der Waals surface area contributed by atoms with Crippen LogP contribution in [0.5, 0.6) is 0 Å². The van der Waals surface area contributed by atoms with E-state index in [1.807, 2.05) is 59.4 Å². The van der Waals surface area contributed by atoms with Crippen LogP contribution in [0, 0.1) is 5.82 Å². The fourth-order valence-corrected chi connectivity index (χ4v) is 4.30. The Morgan fingerprint density at radius 2 is 1.77 bits per heavy atom. The van der Waals surface area contributed by atoms with Gasteiger partial charge in [0.05, 0.1) is 23.3 Å². The van der Waals surface area contributed by atoms with Crippen molar-refractivity contribution in [2.24, 2.45) is 0 Å². The molecule has 176 valence electrons. The molecule has 0 spiro atoms. The fraction of sp³-hybridized carbons (Fsp3) is 0.179. The molecule has 0 radical (unpaired) electrons. The summed E-state index contributed by atoms with van der Waals surface area (Å²) in [7, 11) is 0. The van der Waals surface area contributed by atoms with Gasteiger partial charge in [0.2, 0.25) is 0 Å². The van der Waals surface area contributed by atoms with Crippen LogP contribution < -0.4 is 0 Å². The first kappa shape index (κ1) is 22.5. The molecule has 2 aromatic carbocycles. The Hall–Kier alpha value is -4.26. The number of pyridine rings is 1. The van der Waals surface area contributed by atoms with E-state index in [4.69, 9.17) is 0 Å². The van der Waals surface area contributed by atoms with Gasteiger partial charge in [-0.3, -0.25) is 4.79 Å². The highest BCUT2D eigenvalue weighted by Gasteiger charge is 2.22. The number of para-hydroxylation sites is 1. The van der Waals surface area contributed by atoms with Gasteiger partial charge in [-0.05, 0) is 60.0 Å². The number of carbonyl (C=O) groups excluding carboxylic acids is 1. The number of carbonyl (C=O) groups is 1. The molecule has 3 aromatic heterocycles. The van der Waals surface area contributed by atoms with Crippen molar-refractivity contribution in [3.8, 4) is 5.69 Å². The molecule has 0 aliphatic rings. The predicted molar refractivity (Wildman–Crippen MR) is 134 cm³/mol. The van der Waals surface area contributed by atoms with Crippen molar-refractivity contribution in [1.82, 2.24) is 24.4 Å². The van der Waals surface area contributed by atoms with E-state index in [0.717, 1.165) is 35.2 Å². The van der Waals surface area contributed by atoms with Gasteiger partial charge in [0.1, 0.15) is 11.6 Å². The second-order valence-electron chi connectivity index (χ2n) is 8.50. The number of hydrogen-bond donors (Lipinski definition) is 1. The van der Waals surface area contributed by atoms with E-state index in [9.17, 15) is 9.18 Å². The van der Waals surface area contributed by atoms with Crippen LogP contribution in [-0.2, 0) is 19.5 Å². The zero-order valence-corrected chi connectivity index (χ0v) is 19.5. The summed E-state index contributed by atoms with van der Waals surface area (Å²) >= 11 is 0. The third-order valence-electron chi connectivity index (χ3n) is 5.98. The summed E-state index contributed by atoms with van der Waals surface area (Å²) in [5.41, 5.74) is 4.92. The Labute approximate surface area is 203 Å². The molecule has 0 saturated heterocycles. The minimum absolute atomic E-state index is 0.138. The summed E-state index contributed by atoms with van der Waals surface area (Å²) in [6.07, 6.45) is 7.53. The number of rotatable bonds is 8. The first-order chi connectivity index (χ1) is 17.1. The molecule has 6 nitrogen and oxygen atoms in total. The third-order valence-corrected chi connectivity index (χ3v) is 5.98. The maximum Gasteiger partial charge on any atom is 0.256 e. The first-order valence-corrected chi connectivity index (χ1v) is 11.7. The maximum atomic E-state index is 13.9. The van der Waals surface area contributed by atoms with E-state index in [1.165, 1.54) is 12.1 Å². The summed E-state index contributed by atoms with van der Waals surface area (Å²) in [5.74, 6) is 0.210. The monoisotopic (exact) mass is 467 g/mol. The molecule has 7 heteroatoms. The highest BCUT2D eigenvalue weighted by Crippen LogP contribution is 2.22. The van der Waals surface area contributed by atoms with Gasteiger partial charge in [-0.2, -0.15) is 0 Å². The molecular formula is C28H26FN5O. The molecule has 1 N–H and O–H groups in total. The quantitative estimate of drug-likeness (QED) is 0.319. The number of aromatic amines is 1. The van der Waals surface area contributed by atoms with Crippen LogP contribution in [0.3, 0.4) is 0 Å². The number of amides is 1. The lowest BCUT2D eigenvalue weighted by Crippen LogP contribution is -2.31. The third kappa shape index (κ3) is 4.84. The number of H-pyrrole nitrogens is 1. The maximum absolute atomic E-state index is 13.9. The van der Waals surface area contributed by atoms with Crippen LogP contribution in [-0.4, -0.2) is 30.3 Å². The molecule has 0 saturated carbocycles. The highest BCUT2D eigenvalue weighted by atomic mass is 19.1. The number of halogens is 1. The number of aryl methyl sites for hydroxylation is 1. The van der Waals surface area contributed by atoms with Crippen molar-refractivity contribution in [1.29, 1.82) is 0 Å². The molecule has 0 aliphatic heterocycles. The Kier molecular flexibility index (Phi) is 6.39. The van der Waals surface area contributed by atoms with E-state index in [0.29, 0.717) is 23.6 Å². The number of nitrogens with one attached hydrogen (secondary N) is 1. The topological polar surface area (TPSA) is 66.8 Å². The van der Waals surface area contributed by atoms with Gasteiger partial charge >= 0.3 is 0 Å². The second kappa shape index (κ2) is 9.93. The molecule has 35 heavy (non-hydrogen) atoms. The standard InChI is InChI=1S/C28H26FN5O/c1-2-7-21-14-15-30-27-26(21)31-25(32-27)19-34(18-20-10-12-22(29)13-11-20)28(35)23-8-3-4-9-24(23)33-16-5-6-17-33/h3-6,8-17H,2,7,18-19H2,1H3,(H,30,31,32). The Morgan fingerprint density at radius 1 is 1.00 bits per heavy atom. The summed E-state index contributed by atoms with van der Waals surface area (Å²) in [6.45, 7) is 2.71. The average molecular weight is 468 g/mol. The van der Waals surface area contributed by atoms with Gasteiger partial charge in [0.25, 0.3) is 5.91 Å². The summed E-state index contributed by atoms with van der Waals surface area (Å²) in [5, 5.41) is 0. The Bertz CT molecular complexity index is 1440. The highest BCUT2D eigenvalue weighted by molar-refractivity contribution is 5.97. The van der Waals surface area contributed by atoms with Crippen LogP contribution in [0.15, 0.2) is 85.3 Å². The normalized spacial score (nSPS) is 11.1. The van der Waals surface area contributed by atoms with Gasteiger partial charge in [0.15, 0.2) is 5.65 Å². The smallest absolute Gasteiger partial charge is 0.256 e. The molecule has 5 aromatic rings. The minimum atomic E-state index is -0.309. The van der Waals surface area contributed by atoms with Gasteiger partial charge in [-0.25, -0.2) is 14.4 Å². The summed E-state index contributed by atoms with van der Waals surface area (Å²) < 4.78 is 15.4. The van der Waals surface area contributed by atoms with E-state index in [1.54, 1.807) is 23.2 Å². The summed E-state index contributed by atoms with van der Waals surface area (Å²) in [6, 6.07) is 19.6. The van der Waals surface area contributed by atoms with E-state index < -0.39 is 0 Å². The van der Waals surface area contributed by atoms with Crippen molar-refractivity contribution in [3.63, 3.8) is 0 Å². The number of fused-ring (bicyclic) bond motifs is 1. The Morgan fingerprint density at radius 3 is 2.54 bits per heavy atom. The molecule has 0 aliphatic carbocycles. The average Bonchev–Trinajstić information content (AvgIpc) is 3.55. The van der Waals surface area contributed by atoms with Crippen LogP contribution >= 0.6 is 0 Å². The number of aromatic nitrogens is 4. The van der Waals surface area contributed by atoms with E-state index in [2.05, 4.69) is 21.9 Å². The number of benzene rings is 2. The fourth-order valence-electron chi connectivity index (χ4n) is 4.30.